The van der Waals surface area contributed by atoms with Gasteiger partial charge in [-0.2, -0.15) is 12.7 Å². The maximum atomic E-state index is 15.8. The standard InChI is InChI=1S/C59H70F3N11O6S2/c1-36(63-28-38-6-8-41(9-7-38)55-37(2)66-35-80-55)50-27-45(74)33-73(50)58(77)56(59(3,4)5)67-51(75)34-70-24-22-69(23-25-70)31-39-16-19-71(20-17-39)44-12-10-40(11-13-44)42-26-46-47(30-65-57(46)64-29-42)54(76)52-48(61)14-15-49(53(52)62)68-81(78,79)72-21-18-43(60)32-72/h6-15,26,29-30,35,39,43,45,50,56,63,68,74H,1,16-25,27-28,31-34H2,2-5H3,(H,64,65)(H,67,75)/t43-,45-,50+,56-/m1/s1. The summed E-state index contributed by atoms with van der Waals surface area (Å²) in [4.78, 5) is 63.4. The van der Waals surface area contributed by atoms with Crippen LogP contribution in [0, 0.1) is 29.9 Å². The zero-order chi connectivity index (χ0) is 57.3. The molecule has 0 bridgehead atoms. The number of fused-ring (bicyclic) bond motifs is 1. The largest absolute Gasteiger partial charge is 0.391 e. The lowest BCUT2D eigenvalue weighted by molar-refractivity contribution is -0.140. The number of anilines is 2. The van der Waals surface area contributed by atoms with Gasteiger partial charge in [-0.1, -0.05) is 63.7 Å². The van der Waals surface area contributed by atoms with Gasteiger partial charge in [0, 0.05) is 119 Å². The molecule has 81 heavy (non-hydrogen) atoms. The number of aryl methyl sites for hydroxylation is 1. The molecule has 4 aliphatic heterocycles. The highest BCUT2D eigenvalue weighted by molar-refractivity contribution is 7.90. The van der Waals surface area contributed by atoms with E-state index in [0.29, 0.717) is 41.2 Å². The van der Waals surface area contributed by atoms with Crippen LogP contribution in [0.2, 0.25) is 0 Å². The highest BCUT2D eigenvalue weighted by atomic mass is 32.2. The zero-order valence-corrected chi connectivity index (χ0v) is 47.7. The number of carbonyl (C=O) groups is 3. The number of hydrogen-bond donors (Lipinski definition) is 5. The number of aliphatic hydroxyl groups is 1. The number of thiazole rings is 1. The quantitative estimate of drug-likeness (QED) is 0.0532. The molecule has 0 saturated carbocycles. The Bertz CT molecular complexity index is 3390. The van der Waals surface area contributed by atoms with E-state index in [1.165, 1.54) is 6.20 Å². The molecule has 22 heteroatoms. The molecule has 4 atom stereocenters. The van der Waals surface area contributed by atoms with E-state index in [4.69, 9.17) is 0 Å². The van der Waals surface area contributed by atoms with E-state index in [2.05, 4.69) is 71.1 Å². The number of β-amino-alcohol motifs (C(OH)–C–C–N with tert-alkyl or cyclic N) is 1. The fourth-order valence-corrected chi connectivity index (χ4v) is 13.5. The number of ketones is 1. The number of aromatic amines is 1. The van der Waals surface area contributed by atoms with Crippen LogP contribution in [0.1, 0.15) is 73.6 Å². The van der Waals surface area contributed by atoms with E-state index in [1.807, 2.05) is 62.2 Å². The number of nitrogens with one attached hydrogen (secondary N) is 4. The van der Waals surface area contributed by atoms with Crippen LogP contribution >= 0.6 is 11.3 Å². The summed E-state index contributed by atoms with van der Waals surface area (Å²) in [6.45, 7) is 18.4. The number of halogens is 3. The third kappa shape index (κ3) is 13.0. The number of pyridine rings is 1. The molecule has 0 spiro atoms. The minimum atomic E-state index is -4.37. The molecule has 5 N–H and O–H groups in total. The van der Waals surface area contributed by atoms with Crippen LogP contribution in [0.15, 0.2) is 96.9 Å². The number of aromatic nitrogens is 3. The number of hydrogen-bond acceptors (Lipinski definition) is 13. The molecule has 0 aliphatic carbocycles. The Morgan fingerprint density at radius 2 is 1.59 bits per heavy atom. The first kappa shape index (κ1) is 57.5. The van der Waals surface area contributed by atoms with Crippen molar-refractivity contribution < 1.29 is 41.1 Å². The predicted octanol–water partition coefficient (Wildman–Crippen LogP) is 7.50. The molecular formula is C59H70F3N11O6S2. The van der Waals surface area contributed by atoms with E-state index < -0.39 is 75.2 Å². The van der Waals surface area contributed by atoms with Gasteiger partial charge in [0.05, 0.1) is 46.0 Å². The average molecular weight is 1150 g/mol. The van der Waals surface area contributed by atoms with Gasteiger partial charge in [-0.3, -0.25) is 24.0 Å². The third-order valence-corrected chi connectivity index (χ3v) is 18.6. The first-order valence-corrected chi connectivity index (χ1v) is 29.9. The molecule has 17 nitrogen and oxygen atoms in total. The van der Waals surface area contributed by atoms with E-state index in [1.54, 1.807) is 28.5 Å². The minimum absolute atomic E-state index is 0.00164. The second-order valence-corrected chi connectivity index (χ2v) is 25.5. The Morgan fingerprint density at radius 1 is 0.889 bits per heavy atom. The fourth-order valence-electron chi connectivity index (χ4n) is 11.5. The van der Waals surface area contributed by atoms with Crippen LogP contribution in [0.4, 0.5) is 24.5 Å². The maximum Gasteiger partial charge on any atom is 0.301 e. The maximum absolute atomic E-state index is 15.8. The number of aliphatic hydroxyl groups excluding tert-OH is 1. The smallest absolute Gasteiger partial charge is 0.301 e. The van der Waals surface area contributed by atoms with E-state index >= 15 is 8.78 Å². The lowest BCUT2D eigenvalue weighted by atomic mass is 9.85. The lowest BCUT2D eigenvalue weighted by Gasteiger charge is -2.39. The van der Waals surface area contributed by atoms with Crippen molar-refractivity contribution in [2.24, 2.45) is 11.3 Å². The van der Waals surface area contributed by atoms with Gasteiger partial charge in [-0.15, -0.1) is 11.3 Å². The summed E-state index contributed by atoms with van der Waals surface area (Å²) in [6, 6.07) is 18.5. The number of nitrogens with zero attached hydrogens (tertiary/aromatic N) is 7. The SMILES string of the molecule is C=C(NCc1ccc(-c2scnc2C)cc1)[C@@H]1C[C@@H](O)CN1C(=O)[C@@H](NC(=O)CN1CCN(CC2CCN(c3ccc(-c4cnc5[nH]cc(C(=O)c6c(F)ccc(NS(=O)(=O)N7CC[C@@H](F)C7)c6F)c5c4)cc3)CC2)CC1)C(C)(C)C. The van der Waals surface area contributed by atoms with Gasteiger partial charge in [0.1, 0.15) is 23.7 Å². The van der Waals surface area contributed by atoms with Crippen molar-refractivity contribution >= 4 is 61.6 Å². The number of rotatable bonds is 18. The van der Waals surface area contributed by atoms with Crippen LogP contribution in [0.3, 0.4) is 0 Å². The van der Waals surface area contributed by atoms with Crippen molar-refractivity contribution in [1.29, 1.82) is 0 Å². The summed E-state index contributed by atoms with van der Waals surface area (Å²) >= 11 is 1.61. The van der Waals surface area contributed by atoms with Gasteiger partial charge in [-0.05, 0) is 84.5 Å². The monoisotopic (exact) mass is 1150 g/mol. The summed E-state index contributed by atoms with van der Waals surface area (Å²) in [5.41, 5.74) is 6.31. The van der Waals surface area contributed by atoms with Gasteiger partial charge >= 0.3 is 10.2 Å². The van der Waals surface area contributed by atoms with Gasteiger partial charge in [-0.25, -0.2) is 23.1 Å². The Labute approximate surface area is 474 Å². The van der Waals surface area contributed by atoms with E-state index in [-0.39, 0.29) is 43.4 Å². The van der Waals surface area contributed by atoms with E-state index in [0.717, 1.165) is 108 Å². The first-order chi connectivity index (χ1) is 38.7. The number of benzene rings is 3. The lowest BCUT2D eigenvalue weighted by Crippen LogP contribution is -2.58. The molecule has 0 radical (unpaired) electrons. The summed E-state index contributed by atoms with van der Waals surface area (Å²) in [6.07, 6.45) is 3.29. The molecule has 0 unspecified atom stereocenters. The fraction of sp³-hybridized carbons (Fsp3) is 0.441. The summed E-state index contributed by atoms with van der Waals surface area (Å²) < 4.78 is 73.4. The Hall–Kier alpha value is -6.69. The number of alkyl halides is 1. The summed E-state index contributed by atoms with van der Waals surface area (Å²) in [5, 5.41) is 17.6. The summed E-state index contributed by atoms with van der Waals surface area (Å²) in [7, 11) is -4.37. The van der Waals surface area contributed by atoms with Crippen molar-refractivity contribution in [1.82, 2.24) is 44.6 Å². The van der Waals surface area contributed by atoms with Crippen molar-refractivity contribution in [3.63, 3.8) is 0 Å². The van der Waals surface area contributed by atoms with E-state index in [9.17, 15) is 32.3 Å². The third-order valence-electron chi connectivity index (χ3n) is 16.2. The van der Waals surface area contributed by atoms with Crippen LogP contribution in [-0.2, 0) is 26.3 Å². The first-order valence-electron chi connectivity index (χ1n) is 27.6. The Morgan fingerprint density at radius 3 is 2.26 bits per heavy atom. The number of likely N-dealkylation sites (tertiary alicyclic amines) is 1. The molecule has 2 amide bonds. The van der Waals surface area contributed by atoms with Gasteiger partial charge in [0.2, 0.25) is 17.6 Å². The number of piperazine rings is 1. The van der Waals surface area contributed by atoms with Crippen molar-refractivity contribution in [2.75, 3.05) is 81.6 Å². The molecule has 430 valence electrons. The van der Waals surface area contributed by atoms with Crippen LogP contribution in [-0.4, -0.2) is 161 Å². The molecule has 4 fully saturated rings. The van der Waals surface area contributed by atoms with Crippen LogP contribution < -0.4 is 20.3 Å². The van der Waals surface area contributed by atoms with Gasteiger partial charge in [0.15, 0.2) is 5.82 Å². The number of amides is 2. The second-order valence-electron chi connectivity index (χ2n) is 22.9. The molecule has 6 aromatic rings. The van der Waals surface area contributed by atoms with Crippen molar-refractivity contribution in [3.05, 3.63) is 131 Å². The molecular weight excluding hydrogens is 1080 g/mol. The second kappa shape index (κ2) is 24.0. The average Bonchev–Trinajstić information content (AvgIpc) is 4.50. The molecule has 10 rings (SSSR count). The predicted molar refractivity (Wildman–Crippen MR) is 309 cm³/mol. The summed E-state index contributed by atoms with van der Waals surface area (Å²) in [5.74, 6) is -3.49. The van der Waals surface area contributed by atoms with Crippen molar-refractivity contribution in [3.8, 4) is 21.6 Å². The topological polar surface area (TPSA) is 199 Å². The molecule has 7 heterocycles. The van der Waals surface area contributed by atoms with Crippen LogP contribution in [0.25, 0.3) is 32.6 Å². The molecule has 4 saturated heterocycles. The molecule has 4 aliphatic rings. The molecule has 3 aromatic heterocycles. The minimum Gasteiger partial charge on any atom is -0.391 e. The highest BCUT2D eigenvalue weighted by Crippen LogP contribution is 2.34. The van der Waals surface area contributed by atoms with Crippen LogP contribution in [0.5, 0.6) is 0 Å². The highest BCUT2D eigenvalue weighted by Gasteiger charge is 2.43. The van der Waals surface area contributed by atoms with Gasteiger partial charge in [0.25, 0.3) is 0 Å². The number of H-pyrrole nitrogens is 1. The number of piperidine rings is 1. The normalized spacial score (nSPS) is 20.2. The number of carbonyl (C=O) groups excluding carboxylic acids is 3. The molecule has 3 aromatic carbocycles. The Balaban J connectivity index is 0.678. The van der Waals surface area contributed by atoms with Crippen molar-refractivity contribution in [2.45, 2.75) is 84.3 Å². The Kier molecular flexibility index (Phi) is 17.1. The van der Waals surface area contributed by atoms with Gasteiger partial charge < -0.3 is 35.4 Å². The zero-order valence-electron chi connectivity index (χ0n) is 46.1.